The Balaban J connectivity index is 1.52. The van der Waals surface area contributed by atoms with Gasteiger partial charge in [-0.3, -0.25) is 4.79 Å². The molecule has 5 nitrogen and oxygen atoms in total. The van der Waals surface area contributed by atoms with Crippen molar-refractivity contribution in [1.82, 2.24) is 4.98 Å². The number of benzene rings is 1. The maximum absolute atomic E-state index is 12.2. The lowest BCUT2D eigenvalue weighted by atomic mass is 10.1. The van der Waals surface area contributed by atoms with Gasteiger partial charge >= 0.3 is 0 Å². The average Bonchev–Trinajstić information content (AvgIpc) is 2.62. The molecule has 24 heavy (non-hydrogen) atoms. The van der Waals surface area contributed by atoms with E-state index >= 15 is 0 Å². The normalized spacial score (nSPS) is 15.9. The zero-order valence-electron chi connectivity index (χ0n) is 14.6. The Morgan fingerprint density at radius 3 is 2.88 bits per heavy atom. The molecule has 1 saturated heterocycles. The minimum absolute atomic E-state index is 0.0433. The Morgan fingerprint density at radius 1 is 1.25 bits per heavy atom. The molecule has 1 aliphatic rings. The molecule has 1 aliphatic heterocycles. The zero-order chi connectivity index (χ0) is 16.8. The highest BCUT2D eigenvalue weighted by molar-refractivity contribution is 5.79. The highest BCUT2D eigenvalue weighted by Crippen LogP contribution is 2.13. The SMILES string of the molecule is CCc1ccc2[nH]c(=O)c(C[NH2+]CCC[NH+]3CCOCC3)cc2c1. The molecule has 1 fully saturated rings. The van der Waals surface area contributed by atoms with Crippen molar-refractivity contribution in [1.29, 1.82) is 0 Å². The van der Waals surface area contributed by atoms with E-state index in [-0.39, 0.29) is 5.56 Å². The Morgan fingerprint density at radius 2 is 2.08 bits per heavy atom. The molecule has 0 aliphatic carbocycles. The number of ether oxygens (including phenoxy) is 1. The predicted octanol–water partition coefficient (Wildman–Crippen LogP) is -0.541. The molecule has 4 N–H and O–H groups in total. The van der Waals surface area contributed by atoms with E-state index in [2.05, 4.69) is 35.4 Å². The van der Waals surface area contributed by atoms with Crippen molar-refractivity contribution in [2.45, 2.75) is 26.3 Å². The van der Waals surface area contributed by atoms with E-state index in [9.17, 15) is 4.79 Å². The summed E-state index contributed by atoms with van der Waals surface area (Å²) in [5.74, 6) is 0. The number of nitrogens with one attached hydrogen (secondary N) is 2. The first kappa shape index (κ1) is 17.1. The Bertz CT molecular complexity index is 720. The van der Waals surface area contributed by atoms with E-state index in [0.717, 1.165) is 62.3 Å². The van der Waals surface area contributed by atoms with Gasteiger partial charge in [0.2, 0.25) is 0 Å². The first-order valence-electron chi connectivity index (χ1n) is 9.14. The van der Waals surface area contributed by atoms with Crippen LogP contribution in [0.25, 0.3) is 10.9 Å². The van der Waals surface area contributed by atoms with Gasteiger partial charge in [-0.15, -0.1) is 0 Å². The van der Waals surface area contributed by atoms with Crippen molar-refractivity contribution in [3.8, 4) is 0 Å². The van der Waals surface area contributed by atoms with Crippen LogP contribution in [0.5, 0.6) is 0 Å². The molecule has 0 radical (unpaired) electrons. The van der Waals surface area contributed by atoms with Crippen LogP contribution in [0.15, 0.2) is 29.1 Å². The standard InChI is InChI=1S/C19H27N3O2/c1-2-15-4-5-18-16(12-15)13-17(19(23)21-18)14-20-6-3-7-22-8-10-24-11-9-22/h4-5,12-13,20H,2-3,6-11,14H2,1H3,(H,21,23)/p+2. The van der Waals surface area contributed by atoms with E-state index in [1.165, 1.54) is 18.5 Å². The molecule has 0 bridgehead atoms. The fraction of sp³-hybridized carbons (Fsp3) is 0.526. The van der Waals surface area contributed by atoms with E-state index in [1.54, 1.807) is 4.90 Å². The number of aryl methyl sites for hydroxylation is 1. The van der Waals surface area contributed by atoms with Gasteiger partial charge in [-0.25, -0.2) is 0 Å². The second-order valence-corrected chi connectivity index (χ2v) is 6.65. The Hall–Kier alpha value is -1.69. The van der Waals surface area contributed by atoms with Crippen molar-refractivity contribution in [3.05, 3.63) is 45.7 Å². The summed E-state index contributed by atoms with van der Waals surface area (Å²) in [5.41, 5.74) is 3.14. The fourth-order valence-corrected chi connectivity index (χ4v) is 3.34. The minimum Gasteiger partial charge on any atom is -0.370 e. The molecule has 3 rings (SSSR count). The molecule has 0 spiro atoms. The van der Waals surface area contributed by atoms with Crippen molar-refractivity contribution in [3.63, 3.8) is 0 Å². The first-order chi connectivity index (χ1) is 11.8. The molecule has 0 unspecified atom stereocenters. The zero-order valence-corrected chi connectivity index (χ0v) is 14.6. The van der Waals surface area contributed by atoms with Gasteiger partial charge in [0.1, 0.15) is 19.6 Å². The van der Waals surface area contributed by atoms with Gasteiger partial charge in [0.25, 0.3) is 5.56 Å². The molecule has 2 aromatic rings. The van der Waals surface area contributed by atoms with Crippen LogP contribution in [0.1, 0.15) is 24.5 Å². The van der Waals surface area contributed by atoms with Gasteiger partial charge in [0.15, 0.2) is 0 Å². The highest BCUT2D eigenvalue weighted by atomic mass is 16.5. The maximum Gasteiger partial charge on any atom is 0.257 e. The molecular weight excluding hydrogens is 302 g/mol. The topological polar surface area (TPSA) is 63.1 Å². The van der Waals surface area contributed by atoms with E-state index in [1.807, 2.05) is 6.07 Å². The van der Waals surface area contributed by atoms with Crippen LogP contribution >= 0.6 is 0 Å². The van der Waals surface area contributed by atoms with Gasteiger partial charge < -0.3 is 19.9 Å². The number of morpholine rings is 1. The number of hydrogen-bond acceptors (Lipinski definition) is 2. The Labute approximate surface area is 143 Å². The van der Waals surface area contributed by atoms with Crippen LogP contribution in [0.4, 0.5) is 0 Å². The fourth-order valence-electron chi connectivity index (χ4n) is 3.34. The number of nitrogens with two attached hydrogens (primary N) is 1. The van der Waals surface area contributed by atoms with Crippen LogP contribution in [-0.4, -0.2) is 44.4 Å². The van der Waals surface area contributed by atoms with E-state index < -0.39 is 0 Å². The quantitative estimate of drug-likeness (QED) is 0.597. The van der Waals surface area contributed by atoms with Crippen LogP contribution in [0, 0.1) is 0 Å². The molecular formula is C19H29N3O2+2. The molecule has 1 aromatic carbocycles. The first-order valence-corrected chi connectivity index (χ1v) is 9.14. The maximum atomic E-state index is 12.2. The van der Waals surface area contributed by atoms with Crippen molar-refractivity contribution in [2.24, 2.45) is 0 Å². The van der Waals surface area contributed by atoms with E-state index in [4.69, 9.17) is 4.74 Å². The number of fused-ring (bicyclic) bond motifs is 1. The molecule has 5 heteroatoms. The van der Waals surface area contributed by atoms with Crippen molar-refractivity contribution in [2.75, 3.05) is 39.4 Å². The number of rotatable bonds is 7. The van der Waals surface area contributed by atoms with Crippen LogP contribution in [0.2, 0.25) is 0 Å². The number of hydrogen-bond donors (Lipinski definition) is 3. The van der Waals surface area contributed by atoms with Gasteiger partial charge in [-0.2, -0.15) is 0 Å². The van der Waals surface area contributed by atoms with Crippen LogP contribution < -0.4 is 15.8 Å². The molecule has 0 atom stereocenters. The van der Waals surface area contributed by atoms with Crippen molar-refractivity contribution < 1.29 is 15.0 Å². The van der Waals surface area contributed by atoms with Gasteiger partial charge in [0, 0.05) is 11.9 Å². The van der Waals surface area contributed by atoms with Gasteiger partial charge in [0.05, 0.1) is 31.9 Å². The second kappa shape index (κ2) is 8.42. The summed E-state index contributed by atoms with van der Waals surface area (Å²) >= 11 is 0. The van der Waals surface area contributed by atoms with Crippen LogP contribution in [-0.2, 0) is 17.7 Å². The molecule has 0 amide bonds. The summed E-state index contributed by atoms with van der Waals surface area (Å²) in [6.45, 7) is 9.22. The lowest BCUT2D eigenvalue weighted by molar-refractivity contribution is -0.909. The number of H-pyrrole nitrogens is 1. The molecule has 0 saturated carbocycles. The number of quaternary nitrogens is 2. The molecule has 1 aromatic heterocycles. The third kappa shape index (κ3) is 4.44. The van der Waals surface area contributed by atoms with E-state index in [0.29, 0.717) is 0 Å². The minimum atomic E-state index is 0.0433. The van der Waals surface area contributed by atoms with Crippen molar-refractivity contribution >= 4 is 10.9 Å². The molecule has 130 valence electrons. The third-order valence-electron chi connectivity index (χ3n) is 4.90. The highest BCUT2D eigenvalue weighted by Gasteiger charge is 2.13. The summed E-state index contributed by atoms with van der Waals surface area (Å²) in [5, 5.41) is 3.38. The number of aromatic nitrogens is 1. The average molecular weight is 331 g/mol. The summed E-state index contributed by atoms with van der Waals surface area (Å²) in [6, 6.07) is 8.32. The summed E-state index contributed by atoms with van der Waals surface area (Å²) in [7, 11) is 0. The van der Waals surface area contributed by atoms with Gasteiger partial charge in [-0.05, 0) is 35.6 Å². The summed E-state index contributed by atoms with van der Waals surface area (Å²) in [4.78, 5) is 16.9. The predicted molar refractivity (Wildman–Crippen MR) is 95.4 cm³/mol. The monoisotopic (exact) mass is 331 g/mol. The smallest absolute Gasteiger partial charge is 0.257 e. The lowest BCUT2D eigenvalue weighted by Crippen LogP contribution is -3.14. The largest absolute Gasteiger partial charge is 0.370 e. The number of pyridine rings is 1. The number of aromatic amines is 1. The van der Waals surface area contributed by atoms with Crippen LogP contribution in [0.3, 0.4) is 0 Å². The second-order valence-electron chi connectivity index (χ2n) is 6.65. The summed E-state index contributed by atoms with van der Waals surface area (Å²) in [6.07, 6.45) is 2.20. The summed E-state index contributed by atoms with van der Waals surface area (Å²) < 4.78 is 5.38. The third-order valence-corrected chi connectivity index (χ3v) is 4.90. The lowest BCUT2D eigenvalue weighted by Gasteiger charge is -2.23. The molecule has 2 heterocycles. The Kier molecular flexibility index (Phi) is 6.01. The van der Waals surface area contributed by atoms with Gasteiger partial charge in [-0.1, -0.05) is 13.0 Å².